The van der Waals surface area contributed by atoms with Crippen LogP contribution in [-0.4, -0.2) is 50.4 Å². The number of nitrogens with one attached hydrogen (secondary N) is 1. The van der Waals surface area contributed by atoms with E-state index >= 15 is 0 Å². The number of sulfonamides is 1. The Labute approximate surface area is 231 Å². The summed E-state index contributed by atoms with van der Waals surface area (Å²) < 4.78 is 34.6. The average Bonchev–Trinajstić information content (AvgIpc) is 2.91. The molecule has 8 nitrogen and oxygen atoms in total. The summed E-state index contributed by atoms with van der Waals surface area (Å²) in [6, 6.07) is 21.3. The van der Waals surface area contributed by atoms with E-state index in [0.29, 0.717) is 12.4 Å². The highest BCUT2D eigenvalue weighted by Crippen LogP contribution is 2.32. The van der Waals surface area contributed by atoms with Crippen LogP contribution in [0.15, 0.2) is 83.8 Å². The summed E-state index contributed by atoms with van der Waals surface area (Å²) in [6.07, 6.45) is 0. The Kier molecular flexibility index (Phi) is 10.1. The van der Waals surface area contributed by atoms with Gasteiger partial charge in [0.15, 0.2) is 0 Å². The minimum Gasteiger partial charge on any atom is -0.492 e. The van der Waals surface area contributed by atoms with Gasteiger partial charge in [0.25, 0.3) is 10.0 Å². The van der Waals surface area contributed by atoms with Crippen molar-refractivity contribution in [3.63, 3.8) is 0 Å². The molecule has 0 heterocycles. The lowest BCUT2D eigenvalue weighted by atomic mass is 10.1. The Morgan fingerprint density at radius 2 is 1.51 bits per heavy atom. The number of benzene rings is 3. The van der Waals surface area contributed by atoms with Crippen molar-refractivity contribution in [3.05, 3.63) is 90.0 Å². The molecule has 3 rings (SSSR count). The SMILES string of the molecule is CCOc1ccccc1N(CC(=O)N(Cc1ccc(C)cc1)[C@@H](C)C(=O)NC(C)C)S(=O)(=O)c1ccccc1. The van der Waals surface area contributed by atoms with Gasteiger partial charge in [-0.15, -0.1) is 0 Å². The molecular weight excluding hydrogens is 514 g/mol. The third kappa shape index (κ3) is 7.60. The summed E-state index contributed by atoms with van der Waals surface area (Å²) >= 11 is 0. The van der Waals surface area contributed by atoms with Gasteiger partial charge < -0.3 is 15.0 Å². The van der Waals surface area contributed by atoms with Crippen molar-refractivity contribution >= 4 is 27.5 Å². The number of carbonyl (C=O) groups excluding carboxylic acids is 2. The molecule has 0 aliphatic heterocycles. The van der Waals surface area contributed by atoms with Gasteiger partial charge in [-0.05, 0) is 64.4 Å². The molecule has 0 radical (unpaired) electrons. The second-order valence-corrected chi connectivity index (χ2v) is 11.4. The largest absolute Gasteiger partial charge is 0.492 e. The van der Waals surface area contributed by atoms with Crippen molar-refractivity contribution in [2.24, 2.45) is 0 Å². The third-order valence-electron chi connectivity index (χ3n) is 6.12. The van der Waals surface area contributed by atoms with Crippen LogP contribution in [0, 0.1) is 6.92 Å². The molecule has 208 valence electrons. The molecule has 0 saturated carbocycles. The van der Waals surface area contributed by atoms with Crippen molar-refractivity contribution < 1.29 is 22.7 Å². The smallest absolute Gasteiger partial charge is 0.264 e. The van der Waals surface area contributed by atoms with Gasteiger partial charge in [0, 0.05) is 12.6 Å². The van der Waals surface area contributed by atoms with Crippen molar-refractivity contribution in [2.45, 2.75) is 58.1 Å². The van der Waals surface area contributed by atoms with Crippen LogP contribution in [0.1, 0.15) is 38.8 Å². The predicted octanol–water partition coefficient (Wildman–Crippen LogP) is 4.53. The summed E-state index contributed by atoms with van der Waals surface area (Å²) in [5.41, 5.74) is 2.13. The second kappa shape index (κ2) is 13.3. The first kappa shape index (κ1) is 29.7. The van der Waals surface area contributed by atoms with E-state index in [1.54, 1.807) is 56.3 Å². The maximum Gasteiger partial charge on any atom is 0.264 e. The minimum atomic E-state index is -4.16. The molecule has 2 amide bonds. The molecule has 9 heteroatoms. The van der Waals surface area contributed by atoms with E-state index in [2.05, 4.69) is 5.32 Å². The minimum absolute atomic E-state index is 0.0415. The molecule has 3 aromatic rings. The number of carbonyl (C=O) groups is 2. The zero-order valence-electron chi connectivity index (χ0n) is 23.1. The van der Waals surface area contributed by atoms with Crippen LogP contribution in [0.4, 0.5) is 5.69 Å². The summed E-state index contributed by atoms with van der Waals surface area (Å²) in [5.74, 6) is -0.506. The lowest BCUT2D eigenvalue weighted by Crippen LogP contribution is -2.52. The van der Waals surface area contributed by atoms with Crippen molar-refractivity contribution in [3.8, 4) is 5.75 Å². The number of ether oxygens (including phenoxy) is 1. The van der Waals surface area contributed by atoms with Gasteiger partial charge in [-0.1, -0.05) is 60.2 Å². The average molecular weight is 552 g/mol. The molecule has 0 aliphatic carbocycles. The number of nitrogens with zero attached hydrogens (tertiary/aromatic N) is 2. The monoisotopic (exact) mass is 551 g/mol. The fourth-order valence-electron chi connectivity index (χ4n) is 4.05. The van der Waals surface area contributed by atoms with Crippen molar-refractivity contribution in [1.82, 2.24) is 10.2 Å². The number of amides is 2. The lowest BCUT2D eigenvalue weighted by Gasteiger charge is -2.32. The summed E-state index contributed by atoms with van der Waals surface area (Å²) in [5, 5.41) is 2.86. The van der Waals surface area contributed by atoms with E-state index in [4.69, 9.17) is 4.74 Å². The maximum atomic E-state index is 14.0. The van der Waals surface area contributed by atoms with Crippen LogP contribution in [-0.2, 0) is 26.2 Å². The van der Waals surface area contributed by atoms with Crippen LogP contribution in [0.2, 0.25) is 0 Å². The molecule has 0 fully saturated rings. The van der Waals surface area contributed by atoms with E-state index in [1.165, 1.54) is 17.0 Å². The summed E-state index contributed by atoms with van der Waals surface area (Å²) in [6.45, 7) is 9.03. The highest BCUT2D eigenvalue weighted by atomic mass is 32.2. The number of rotatable bonds is 12. The van der Waals surface area contributed by atoms with Crippen LogP contribution < -0.4 is 14.4 Å². The predicted molar refractivity (Wildman–Crippen MR) is 153 cm³/mol. The van der Waals surface area contributed by atoms with Gasteiger partial charge >= 0.3 is 0 Å². The number of anilines is 1. The number of hydrogen-bond donors (Lipinski definition) is 1. The Hall–Kier alpha value is -3.85. The molecule has 0 spiro atoms. The Morgan fingerprint density at radius 1 is 0.897 bits per heavy atom. The number of aryl methyl sites for hydroxylation is 1. The van der Waals surface area contributed by atoms with Gasteiger partial charge in [0.2, 0.25) is 11.8 Å². The lowest BCUT2D eigenvalue weighted by molar-refractivity contribution is -0.139. The van der Waals surface area contributed by atoms with Crippen molar-refractivity contribution in [1.29, 1.82) is 0 Å². The number of hydrogen-bond acceptors (Lipinski definition) is 5. The second-order valence-electron chi connectivity index (χ2n) is 9.57. The first-order valence-electron chi connectivity index (χ1n) is 13.0. The topological polar surface area (TPSA) is 96.0 Å². The van der Waals surface area contributed by atoms with E-state index in [0.717, 1.165) is 15.4 Å². The maximum absolute atomic E-state index is 14.0. The third-order valence-corrected chi connectivity index (χ3v) is 7.89. The molecule has 0 bridgehead atoms. The zero-order valence-corrected chi connectivity index (χ0v) is 23.9. The molecule has 0 aromatic heterocycles. The first-order valence-corrected chi connectivity index (χ1v) is 14.4. The standard InChI is InChI=1S/C30H37N3O5S/c1-6-38-28-15-11-10-14-27(28)33(39(36,37)26-12-8-7-9-13-26)21-29(34)32(24(5)30(35)31-22(2)3)20-25-18-16-23(4)17-19-25/h7-19,22,24H,6,20-21H2,1-5H3,(H,31,35)/t24-/m0/s1. The molecular formula is C30H37N3O5S. The van der Waals surface area contributed by atoms with E-state index in [-0.39, 0.29) is 29.1 Å². The molecule has 3 aromatic carbocycles. The molecule has 1 atom stereocenters. The van der Waals surface area contributed by atoms with E-state index < -0.39 is 28.5 Å². The van der Waals surface area contributed by atoms with Gasteiger partial charge in [0.05, 0.1) is 17.2 Å². The zero-order chi connectivity index (χ0) is 28.6. The molecule has 1 N–H and O–H groups in total. The normalized spacial score (nSPS) is 12.1. The highest BCUT2D eigenvalue weighted by Gasteiger charge is 2.33. The Balaban J connectivity index is 2.06. The fourth-order valence-corrected chi connectivity index (χ4v) is 5.50. The van der Waals surface area contributed by atoms with E-state index in [9.17, 15) is 18.0 Å². The molecule has 39 heavy (non-hydrogen) atoms. The molecule has 0 unspecified atom stereocenters. The quantitative estimate of drug-likeness (QED) is 0.357. The molecule has 0 aliphatic rings. The summed E-state index contributed by atoms with van der Waals surface area (Å²) in [4.78, 5) is 28.4. The number of para-hydroxylation sites is 2. The van der Waals surface area contributed by atoms with Crippen LogP contribution in [0.3, 0.4) is 0 Å². The van der Waals surface area contributed by atoms with Gasteiger partial charge in [-0.3, -0.25) is 13.9 Å². The van der Waals surface area contributed by atoms with Crippen LogP contribution in [0.5, 0.6) is 5.75 Å². The van der Waals surface area contributed by atoms with E-state index in [1.807, 2.05) is 45.0 Å². The highest BCUT2D eigenvalue weighted by molar-refractivity contribution is 7.92. The van der Waals surface area contributed by atoms with Gasteiger partial charge in [0.1, 0.15) is 18.3 Å². The first-order chi connectivity index (χ1) is 18.5. The summed E-state index contributed by atoms with van der Waals surface area (Å²) in [7, 11) is -4.16. The fraction of sp³-hybridized carbons (Fsp3) is 0.333. The Morgan fingerprint density at radius 3 is 2.13 bits per heavy atom. The van der Waals surface area contributed by atoms with Crippen LogP contribution >= 0.6 is 0 Å². The molecule has 0 saturated heterocycles. The van der Waals surface area contributed by atoms with Crippen LogP contribution in [0.25, 0.3) is 0 Å². The van der Waals surface area contributed by atoms with Gasteiger partial charge in [-0.2, -0.15) is 0 Å². The van der Waals surface area contributed by atoms with Gasteiger partial charge in [-0.25, -0.2) is 8.42 Å². The van der Waals surface area contributed by atoms with Crippen molar-refractivity contribution in [2.75, 3.05) is 17.5 Å². The Bertz CT molecular complexity index is 1360.